The summed E-state index contributed by atoms with van der Waals surface area (Å²) in [4.78, 5) is 66.3. The van der Waals surface area contributed by atoms with E-state index in [0.717, 1.165) is 16.0 Å². The lowest BCUT2D eigenvalue weighted by Crippen LogP contribution is -2.59. The van der Waals surface area contributed by atoms with Crippen molar-refractivity contribution in [3.05, 3.63) is 53.1 Å². The van der Waals surface area contributed by atoms with Crippen LogP contribution >= 0.6 is 0 Å². The minimum absolute atomic E-state index is 0.0629. The molecule has 13 heteroatoms. The Morgan fingerprint density at radius 3 is 2.56 bits per heavy atom. The first-order chi connectivity index (χ1) is 19.5. The number of benzene rings is 2. The molecule has 0 unspecified atom stereocenters. The van der Waals surface area contributed by atoms with Crippen LogP contribution in [-0.4, -0.2) is 87.2 Å². The number of aromatic hydroxyl groups is 2. The number of likely N-dealkylation sites (N-methyl/N-ethyl adjacent to an activating group) is 1. The number of carbonyl (C=O) groups is 5. The number of rotatable bonds is 9. The summed E-state index contributed by atoms with van der Waals surface area (Å²) >= 11 is 0. The molecule has 1 fully saturated rings. The van der Waals surface area contributed by atoms with Gasteiger partial charge in [0, 0.05) is 38.3 Å². The van der Waals surface area contributed by atoms with Crippen LogP contribution in [0.15, 0.2) is 36.4 Å². The molecule has 41 heavy (non-hydrogen) atoms. The number of nitrogens with one attached hydrogen (secondary N) is 1. The first-order valence-corrected chi connectivity index (χ1v) is 13.4. The van der Waals surface area contributed by atoms with Crippen molar-refractivity contribution in [1.82, 2.24) is 15.1 Å². The highest BCUT2D eigenvalue weighted by Crippen LogP contribution is 2.36. The van der Waals surface area contributed by atoms with Crippen molar-refractivity contribution in [3.63, 3.8) is 0 Å². The highest BCUT2D eigenvalue weighted by molar-refractivity contribution is 6.46. The average Bonchev–Trinajstić information content (AvgIpc) is 2.94. The monoisotopic (exact) mass is 565 g/mol. The number of piperazine rings is 1. The molecule has 216 valence electrons. The molecule has 0 spiro atoms. The van der Waals surface area contributed by atoms with Crippen molar-refractivity contribution < 1.29 is 43.9 Å². The van der Waals surface area contributed by atoms with Gasteiger partial charge in [0.15, 0.2) is 23.1 Å². The molecule has 2 atom stereocenters. The molecular weight excluding hydrogens is 533 g/mol. The number of aryl methyl sites for hydroxylation is 1. The lowest BCUT2D eigenvalue weighted by atomic mass is 9.64. The molecule has 1 saturated heterocycles. The van der Waals surface area contributed by atoms with Gasteiger partial charge in [-0.05, 0) is 49.9 Å². The van der Waals surface area contributed by atoms with Crippen molar-refractivity contribution in [1.29, 1.82) is 0 Å². The topological polar surface area (TPSA) is 174 Å². The summed E-state index contributed by atoms with van der Waals surface area (Å²) in [6.45, 7) is 3.94. The first kappa shape index (κ1) is 29.6. The number of urea groups is 1. The highest BCUT2D eigenvalue weighted by atomic mass is 16.5. The van der Waals surface area contributed by atoms with Crippen LogP contribution in [0.4, 0.5) is 4.79 Å². The number of hydrogen-bond acceptors (Lipinski definition) is 9. The van der Waals surface area contributed by atoms with Gasteiger partial charge in [0.05, 0.1) is 11.6 Å². The molecule has 0 aliphatic carbocycles. The van der Waals surface area contributed by atoms with Crippen molar-refractivity contribution in [2.45, 2.75) is 51.4 Å². The maximum Gasteiger partial charge on any atom is 0.526 e. The minimum Gasteiger partial charge on any atom is -0.536 e. The van der Waals surface area contributed by atoms with Crippen LogP contribution in [0.2, 0.25) is 5.82 Å². The summed E-state index contributed by atoms with van der Waals surface area (Å²) in [5.74, 6) is -4.11. The maximum atomic E-state index is 13.5. The van der Waals surface area contributed by atoms with Gasteiger partial charge in [-0.25, -0.2) is 4.79 Å². The van der Waals surface area contributed by atoms with E-state index in [1.165, 1.54) is 23.1 Å². The normalized spacial score (nSPS) is 17.5. The third kappa shape index (κ3) is 6.35. The number of fused-ring (bicyclic) bond motifs is 1. The predicted molar refractivity (Wildman–Crippen MR) is 146 cm³/mol. The second kappa shape index (κ2) is 12.4. The standard InChI is InChI=1S/C28H32BN3O9/c1-3-31-12-13-32(27(38)26(31)37)28(39)30-20(10-11-21(33)19-8-5-9-22(34)24(19)36)23(35)15-18-14-17-7-4-6-16(2)25(17)41-29(18)40/h4-9,18,20,34,36,40H,3,10-15H2,1-2H3,(H,30,39)/t18-,20-/m1/s1. The Kier molecular flexibility index (Phi) is 8.97. The number of para-hydroxylation sites is 2. The molecule has 4 N–H and O–H groups in total. The molecule has 0 bridgehead atoms. The van der Waals surface area contributed by atoms with Gasteiger partial charge in [-0.3, -0.25) is 24.1 Å². The van der Waals surface area contributed by atoms with E-state index in [2.05, 4.69) is 5.32 Å². The van der Waals surface area contributed by atoms with E-state index in [1.807, 2.05) is 25.1 Å². The number of imide groups is 1. The van der Waals surface area contributed by atoms with Crippen LogP contribution in [0.25, 0.3) is 0 Å². The Hall–Kier alpha value is -4.39. The van der Waals surface area contributed by atoms with Gasteiger partial charge in [-0.2, -0.15) is 0 Å². The number of amides is 4. The smallest absolute Gasteiger partial charge is 0.526 e. The van der Waals surface area contributed by atoms with Crippen molar-refractivity contribution in [3.8, 4) is 17.2 Å². The van der Waals surface area contributed by atoms with Crippen LogP contribution in [0.5, 0.6) is 17.2 Å². The summed E-state index contributed by atoms with van der Waals surface area (Å²) in [6, 6.07) is 7.23. The van der Waals surface area contributed by atoms with Crippen molar-refractivity contribution in [2.75, 3.05) is 19.6 Å². The molecule has 2 aliphatic rings. The molecule has 4 amide bonds. The molecule has 0 saturated carbocycles. The molecule has 0 aromatic heterocycles. The summed E-state index contributed by atoms with van der Waals surface area (Å²) in [5.41, 5.74) is 1.51. The van der Waals surface area contributed by atoms with Gasteiger partial charge in [-0.1, -0.05) is 24.3 Å². The van der Waals surface area contributed by atoms with Crippen molar-refractivity contribution in [2.24, 2.45) is 0 Å². The van der Waals surface area contributed by atoms with E-state index < -0.39 is 59.9 Å². The van der Waals surface area contributed by atoms with E-state index in [1.54, 1.807) is 6.92 Å². The molecule has 2 heterocycles. The van der Waals surface area contributed by atoms with Crippen LogP contribution in [0, 0.1) is 6.92 Å². The van der Waals surface area contributed by atoms with Gasteiger partial charge < -0.3 is 30.1 Å². The molecule has 2 aliphatic heterocycles. The lowest BCUT2D eigenvalue weighted by molar-refractivity contribution is -0.153. The third-order valence-electron chi connectivity index (χ3n) is 7.48. The number of phenolic OH excluding ortho intramolecular Hbond substituents is 2. The van der Waals surface area contributed by atoms with Crippen LogP contribution in [-0.2, 0) is 20.8 Å². The van der Waals surface area contributed by atoms with E-state index in [9.17, 15) is 39.2 Å². The molecule has 4 rings (SSSR count). The molecule has 12 nitrogen and oxygen atoms in total. The second-order valence-electron chi connectivity index (χ2n) is 10.2. The van der Waals surface area contributed by atoms with Gasteiger partial charge >= 0.3 is 25.0 Å². The molecule has 2 aromatic carbocycles. The second-order valence-corrected chi connectivity index (χ2v) is 10.2. The lowest BCUT2D eigenvalue weighted by Gasteiger charge is -2.33. The summed E-state index contributed by atoms with van der Waals surface area (Å²) in [6.07, 6.45) is -0.362. The van der Waals surface area contributed by atoms with Gasteiger partial charge in [0.25, 0.3) is 0 Å². The zero-order valence-electron chi connectivity index (χ0n) is 22.8. The van der Waals surface area contributed by atoms with Gasteiger partial charge in [0.2, 0.25) is 0 Å². The zero-order chi connectivity index (χ0) is 29.8. The minimum atomic E-state index is -1.28. The molecular formula is C28H32BN3O9. The van der Waals surface area contributed by atoms with Gasteiger partial charge in [0.1, 0.15) is 5.75 Å². The van der Waals surface area contributed by atoms with Crippen molar-refractivity contribution >= 4 is 36.5 Å². The van der Waals surface area contributed by atoms with E-state index in [0.29, 0.717) is 18.7 Å². The number of Topliss-reactive ketones (excluding diaryl/α,β-unsaturated/α-hetero) is 2. The number of hydrogen-bond donors (Lipinski definition) is 4. The van der Waals surface area contributed by atoms with Crippen LogP contribution in [0.3, 0.4) is 0 Å². The average molecular weight is 565 g/mol. The summed E-state index contributed by atoms with van der Waals surface area (Å²) in [7, 11) is -1.28. The summed E-state index contributed by atoms with van der Waals surface area (Å²) < 4.78 is 5.67. The number of nitrogens with zero attached hydrogens (tertiary/aromatic N) is 2. The quantitative estimate of drug-likeness (QED) is 0.152. The SMILES string of the molecule is CCN1CCN(C(=O)N[C@H](CCC(=O)c2cccc(O)c2O)C(=O)C[C@H]2Cc3cccc(C)c3OB2O)C(=O)C1=O. The Balaban J connectivity index is 1.51. The fraction of sp³-hybridized carbons (Fsp3) is 0.393. The maximum absolute atomic E-state index is 13.5. The van der Waals surface area contributed by atoms with Crippen LogP contribution < -0.4 is 9.97 Å². The number of ketones is 2. The Labute approximate surface area is 237 Å². The van der Waals surface area contributed by atoms with Crippen LogP contribution in [0.1, 0.15) is 47.7 Å². The number of phenols is 2. The van der Waals surface area contributed by atoms with E-state index in [4.69, 9.17) is 4.65 Å². The Morgan fingerprint density at radius 1 is 1.10 bits per heavy atom. The molecule has 2 aromatic rings. The summed E-state index contributed by atoms with van der Waals surface area (Å²) in [5, 5.41) is 32.9. The van der Waals surface area contributed by atoms with E-state index in [-0.39, 0.29) is 37.9 Å². The fourth-order valence-electron chi connectivity index (χ4n) is 5.09. The first-order valence-electron chi connectivity index (χ1n) is 13.4. The van der Waals surface area contributed by atoms with Gasteiger partial charge in [-0.15, -0.1) is 0 Å². The predicted octanol–water partition coefficient (Wildman–Crippen LogP) is 1.58. The highest BCUT2D eigenvalue weighted by Gasteiger charge is 2.40. The Morgan fingerprint density at radius 2 is 1.83 bits per heavy atom. The Bertz CT molecular complexity index is 1380. The molecule has 0 radical (unpaired) electrons. The zero-order valence-corrected chi connectivity index (χ0v) is 22.8. The third-order valence-corrected chi connectivity index (χ3v) is 7.48. The fourth-order valence-corrected chi connectivity index (χ4v) is 5.09. The number of carbonyl (C=O) groups excluding carboxylic acids is 5. The van der Waals surface area contributed by atoms with E-state index >= 15 is 0 Å². The largest absolute Gasteiger partial charge is 0.536 e.